The smallest absolute Gasteiger partial charge is 0.243 e. The topological polar surface area (TPSA) is 78.0 Å². The summed E-state index contributed by atoms with van der Waals surface area (Å²) in [4.78, 5) is 18.9. The molecule has 1 unspecified atom stereocenters. The second-order valence-electron chi connectivity index (χ2n) is 7.40. The van der Waals surface area contributed by atoms with Gasteiger partial charge in [0.25, 0.3) is 0 Å². The second kappa shape index (κ2) is 11.3. The van der Waals surface area contributed by atoms with Crippen LogP contribution in [0.1, 0.15) is 24.4 Å². The fourth-order valence-corrected chi connectivity index (χ4v) is 3.71. The molecule has 8 heteroatoms. The largest absolute Gasteiger partial charge is 0.497 e. The van der Waals surface area contributed by atoms with E-state index in [2.05, 4.69) is 38.0 Å². The summed E-state index contributed by atoms with van der Waals surface area (Å²) in [6, 6.07) is 14.1. The summed E-state index contributed by atoms with van der Waals surface area (Å²) in [6.07, 6.45) is 2.38. The SMILES string of the molecule is CN=C(NCC(=O)Nc1cccc(F)c1)NCC(c1cccc(OC)c1)N1CCCC1. The van der Waals surface area contributed by atoms with Gasteiger partial charge in [0.1, 0.15) is 11.6 Å². The number of guanidine groups is 1. The van der Waals surface area contributed by atoms with Crippen molar-refractivity contribution in [2.45, 2.75) is 18.9 Å². The molecule has 166 valence electrons. The summed E-state index contributed by atoms with van der Waals surface area (Å²) < 4.78 is 18.7. The average molecular weight is 428 g/mol. The molecule has 0 spiro atoms. The molecule has 31 heavy (non-hydrogen) atoms. The molecule has 1 amide bonds. The first-order valence-electron chi connectivity index (χ1n) is 10.5. The predicted molar refractivity (Wildman–Crippen MR) is 121 cm³/mol. The highest BCUT2D eigenvalue weighted by atomic mass is 19.1. The Kier molecular flexibility index (Phi) is 8.23. The van der Waals surface area contributed by atoms with Crippen LogP contribution in [0.4, 0.5) is 10.1 Å². The highest BCUT2D eigenvalue weighted by Crippen LogP contribution is 2.27. The van der Waals surface area contributed by atoms with Crippen molar-refractivity contribution in [1.82, 2.24) is 15.5 Å². The van der Waals surface area contributed by atoms with E-state index in [-0.39, 0.29) is 18.5 Å². The Labute approximate surface area is 182 Å². The number of benzene rings is 2. The van der Waals surface area contributed by atoms with Crippen LogP contribution in [0, 0.1) is 5.82 Å². The molecule has 3 N–H and O–H groups in total. The summed E-state index contributed by atoms with van der Waals surface area (Å²) in [5, 5.41) is 9.01. The summed E-state index contributed by atoms with van der Waals surface area (Å²) >= 11 is 0. The first-order chi connectivity index (χ1) is 15.1. The van der Waals surface area contributed by atoms with Crippen molar-refractivity contribution >= 4 is 17.6 Å². The monoisotopic (exact) mass is 427 g/mol. The molecule has 1 aliphatic heterocycles. The number of anilines is 1. The summed E-state index contributed by atoms with van der Waals surface area (Å²) in [6.45, 7) is 2.75. The fourth-order valence-electron chi connectivity index (χ4n) is 3.71. The minimum absolute atomic E-state index is 0.0176. The van der Waals surface area contributed by atoms with Crippen LogP contribution in [0.5, 0.6) is 5.75 Å². The van der Waals surface area contributed by atoms with Gasteiger partial charge in [-0.05, 0) is 61.8 Å². The highest BCUT2D eigenvalue weighted by Gasteiger charge is 2.24. The molecule has 7 nitrogen and oxygen atoms in total. The maximum Gasteiger partial charge on any atom is 0.243 e. The molecule has 2 aromatic carbocycles. The lowest BCUT2D eigenvalue weighted by atomic mass is 10.1. The zero-order chi connectivity index (χ0) is 22.1. The fraction of sp³-hybridized carbons (Fsp3) is 0.391. The van der Waals surface area contributed by atoms with Gasteiger partial charge in [-0.25, -0.2) is 4.39 Å². The molecule has 0 aliphatic carbocycles. The Morgan fingerprint density at radius 2 is 1.94 bits per heavy atom. The van der Waals surface area contributed by atoms with Crippen LogP contribution in [0.3, 0.4) is 0 Å². The molecule has 0 bridgehead atoms. The van der Waals surface area contributed by atoms with Crippen LogP contribution in [0.2, 0.25) is 0 Å². The highest BCUT2D eigenvalue weighted by molar-refractivity contribution is 5.94. The Morgan fingerprint density at radius 3 is 2.65 bits per heavy atom. The average Bonchev–Trinajstić information content (AvgIpc) is 3.30. The van der Waals surface area contributed by atoms with E-state index in [0.717, 1.165) is 18.8 Å². The van der Waals surface area contributed by atoms with Gasteiger partial charge in [0.05, 0.1) is 19.7 Å². The number of halogens is 1. The number of hydrogen-bond donors (Lipinski definition) is 3. The molecule has 1 saturated heterocycles. The van der Waals surface area contributed by atoms with Crippen molar-refractivity contribution in [2.24, 2.45) is 4.99 Å². The summed E-state index contributed by atoms with van der Waals surface area (Å²) in [7, 11) is 3.33. The normalized spacial score (nSPS) is 15.4. The molecule has 0 aromatic heterocycles. The Bertz CT molecular complexity index is 899. The Balaban J connectivity index is 1.57. The van der Waals surface area contributed by atoms with Gasteiger partial charge in [0, 0.05) is 19.3 Å². The van der Waals surface area contributed by atoms with Crippen LogP contribution in [-0.4, -0.2) is 57.1 Å². The van der Waals surface area contributed by atoms with E-state index in [4.69, 9.17) is 4.74 Å². The van der Waals surface area contributed by atoms with E-state index in [1.165, 1.54) is 30.5 Å². The number of carbonyl (C=O) groups excluding carboxylic acids is 1. The molecule has 1 aliphatic rings. The van der Waals surface area contributed by atoms with Crippen molar-refractivity contribution in [3.05, 3.63) is 59.9 Å². The first kappa shape index (κ1) is 22.6. The Morgan fingerprint density at radius 1 is 1.16 bits per heavy atom. The van der Waals surface area contributed by atoms with Crippen molar-refractivity contribution in [1.29, 1.82) is 0 Å². The van der Waals surface area contributed by atoms with Crippen LogP contribution in [0.25, 0.3) is 0 Å². The lowest BCUT2D eigenvalue weighted by Gasteiger charge is -2.29. The predicted octanol–water partition coefficient (Wildman–Crippen LogP) is 2.77. The number of methoxy groups -OCH3 is 1. The molecule has 1 atom stereocenters. The number of ether oxygens (including phenoxy) is 1. The number of carbonyl (C=O) groups is 1. The van der Waals surface area contributed by atoms with Gasteiger partial charge in [0.2, 0.25) is 5.91 Å². The van der Waals surface area contributed by atoms with Gasteiger partial charge in [-0.1, -0.05) is 18.2 Å². The number of amides is 1. The molecule has 0 radical (unpaired) electrons. The molecule has 1 fully saturated rings. The molecule has 2 aromatic rings. The maximum absolute atomic E-state index is 13.3. The van der Waals surface area contributed by atoms with Gasteiger partial charge in [-0.3, -0.25) is 14.7 Å². The number of aliphatic imine (C=N–C) groups is 1. The van der Waals surface area contributed by atoms with E-state index < -0.39 is 5.82 Å². The quantitative estimate of drug-likeness (QED) is 0.446. The van der Waals surface area contributed by atoms with Gasteiger partial charge in [-0.15, -0.1) is 0 Å². The minimum Gasteiger partial charge on any atom is -0.497 e. The van der Waals surface area contributed by atoms with Gasteiger partial charge < -0.3 is 20.7 Å². The number of likely N-dealkylation sites (tertiary alicyclic amines) is 1. The summed E-state index contributed by atoms with van der Waals surface area (Å²) in [5.74, 6) is 0.686. The molecular weight excluding hydrogens is 397 g/mol. The lowest BCUT2D eigenvalue weighted by molar-refractivity contribution is -0.115. The number of nitrogens with zero attached hydrogens (tertiary/aromatic N) is 2. The Hall–Kier alpha value is -3.13. The molecular formula is C23H30FN5O2. The number of hydrogen-bond acceptors (Lipinski definition) is 4. The van der Waals surface area contributed by atoms with Crippen molar-refractivity contribution in [3.8, 4) is 5.75 Å². The van der Waals surface area contributed by atoms with E-state index in [1.807, 2.05) is 12.1 Å². The van der Waals surface area contributed by atoms with Gasteiger partial charge in [-0.2, -0.15) is 0 Å². The standard InChI is InChI=1S/C23H30FN5O2/c1-25-23(27-16-22(30)28-19-9-6-8-18(24)14-19)26-15-21(29-11-3-4-12-29)17-7-5-10-20(13-17)31-2/h5-10,13-14,21H,3-4,11-12,15-16H2,1-2H3,(H,28,30)(H2,25,26,27). The zero-order valence-electron chi connectivity index (χ0n) is 18.0. The third kappa shape index (κ3) is 6.68. The molecule has 0 saturated carbocycles. The summed E-state index contributed by atoms with van der Waals surface area (Å²) in [5.41, 5.74) is 1.59. The van der Waals surface area contributed by atoms with Crippen LogP contribution in [0.15, 0.2) is 53.5 Å². The third-order valence-corrected chi connectivity index (χ3v) is 5.27. The second-order valence-corrected chi connectivity index (χ2v) is 7.40. The molecule has 3 rings (SSSR count). The van der Waals surface area contributed by atoms with Crippen molar-refractivity contribution in [3.63, 3.8) is 0 Å². The van der Waals surface area contributed by atoms with E-state index >= 15 is 0 Å². The van der Waals surface area contributed by atoms with Gasteiger partial charge >= 0.3 is 0 Å². The van der Waals surface area contributed by atoms with Crippen molar-refractivity contribution in [2.75, 3.05) is 45.7 Å². The van der Waals surface area contributed by atoms with Crippen LogP contribution >= 0.6 is 0 Å². The number of nitrogens with one attached hydrogen (secondary N) is 3. The van der Waals surface area contributed by atoms with Crippen molar-refractivity contribution < 1.29 is 13.9 Å². The maximum atomic E-state index is 13.3. The van der Waals surface area contributed by atoms with E-state index in [1.54, 1.807) is 26.3 Å². The van der Waals surface area contributed by atoms with Crippen LogP contribution < -0.4 is 20.7 Å². The molecule has 1 heterocycles. The van der Waals surface area contributed by atoms with E-state index in [9.17, 15) is 9.18 Å². The minimum atomic E-state index is -0.395. The van der Waals surface area contributed by atoms with E-state index in [0.29, 0.717) is 18.2 Å². The lowest BCUT2D eigenvalue weighted by Crippen LogP contribution is -2.44. The zero-order valence-corrected chi connectivity index (χ0v) is 18.0. The van der Waals surface area contributed by atoms with Crippen LogP contribution in [-0.2, 0) is 4.79 Å². The van der Waals surface area contributed by atoms with Gasteiger partial charge in [0.15, 0.2) is 5.96 Å². The third-order valence-electron chi connectivity index (χ3n) is 5.27. The number of rotatable bonds is 8. The first-order valence-corrected chi connectivity index (χ1v) is 10.5.